The summed E-state index contributed by atoms with van der Waals surface area (Å²) < 4.78 is 15.5. The lowest BCUT2D eigenvalue weighted by Gasteiger charge is -2.06. The van der Waals surface area contributed by atoms with E-state index in [2.05, 4.69) is 5.32 Å². The number of carbonyl (C=O) groups excluding carboxylic acids is 1. The highest BCUT2D eigenvalue weighted by atomic mass is 16.5. The molecule has 0 aliphatic rings. The number of rotatable bonds is 6. The van der Waals surface area contributed by atoms with Crippen molar-refractivity contribution >= 4 is 12.0 Å². The molecule has 118 valence electrons. The van der Waals surface area contributed by atoms with E-state index in [1.807, 2.05) is 6.07 Å². The number of nitrogens with one attached hydrogen (secondary N) is 1. The van der Waals surface area contributed by atoms with Gasteiger partial charge in [-0.2, -0.15) is 5.26 Å². The highest BCUT2D eigenvalue weighted by Crippen LogP contribution is 2.24. The average Bonchev–Trinajstić information content (AvgIpc) is 3.10. The summed E-state index contributed by atoms with van der Waals surface area (Å²) in [7, 11) is 3.06. The molecule has 0 aliphatic heterocycles. The van der Waals surface area contributed by atoms with Crippen LogP contribution >= 0.6 is 0 Å². The van der Waals surface area contributed by atoms with Crippen LogP contribution in [-0.2, 0) is 11.3 Å². The van der Waals surface area contributed by atoms with Gasteiger partial charge in [0.1, 0.15) is 28.9 Å². The number of nitrogens with zero attached hydrogens (tertiary/aromatic N) is 1. The van der Waals surface area contributed by atoms with Gasteiger partial charge in [-0.1, -0.05) is 0 Å². The molecule has 1 amide bonds. The summed E-state index contributed by atoms with van der Waals surface area (Å²) in [5, 5.41) is 11.8. The van der Waals surface area contributed by atoms with E-state index < -0.39 is 5.91 Å². The van der Waals surface area contributed by atoms with Crippen molar-refractivity contribution in [2.24, 2.45) is 0 Å². The van der Waals surface area contributed by atoms with Crippen molar-refractivity contribution in [1.82, 2.24) is 5.32 Å². The first-order valence-corrected chi connectivity index (χ1v) is 6.81. The lowest BCUT2D eigenvalue weighted by molar-refractivity contribution is -0.117. The van der Waals surface area contributed by atoms with E-state index in [4.69, 9.17) is 13.9 Å². The topological polar surface area (TPSA) is 84.5 Å². The SMILES string of the molecule is COc1cc(/C=C(\C#N)C(=O)NCc2ccco2)cc(OC)c1. The first-order chi connectivity index (χ1) is 11.2. The van der Waals surface area contributed by atoms with Gasteiger partial charge >= 0.3 is 0 Å². The smallest absolute Gasteiger partial charge is 0.262 e. The molecule has 0 saturated heterocycles. The van der Waals surface area contributed by atoms with Crippen LogP contribution in [-0.4, -0.2) is 20.1 Å². The number of hydrogen-bond acceptors (Lipinski definition) is 5. The van der Waals surface area contributed by atoms with Gasteiger partial charge in [0.15, 0.2) is 0 Å². The van der Waals surface area contributed by atoms with Gasteiger partial charge < -0.3 is 19.2 Å². The van der Waals surface area contributed by atoms with Crippen molar-refractivity contribution in [3.8, 4) is 17.6 Å². The van der Waals surface area contributed by atoms with Crippen LogP contribution in [0.2, 0.25) is 0 Å². The van der Waals surface area contributed by atoms with Gasteiger partial charge in [0.05, 0.1) is 27.0 Å². The predicted octanol–water partition coefficient (Wildman–Crippen LogP) is 2.52. The second-order valence-corrected chi connectivity index (χ2v) is 4.58. The Morgan fingerprint density at radius 2 is 2.00 bits per heavy atom. The molecule has 6 heteroatoms. The second kappa shape index (κ2) is 7.71. The Bertz CT molecular complexity index is 720. The zero-order valence-electron chi connectivity index (χ0n) is 12.8. The van der Waals surface area contributed by atoms with Crippen LogP contribution in [0, 0.1) is 11.3 Å². The number of amides is 1. The van der Waals surface area contributed by atoms with Crippen molar-refractivity contribution in [3.05, 3.63) is 53.5 Å². The van der Waals surface area contributed by atoms with Gasteiger partial charge in [0.25, 0.3) is 5.91 Å². The number of methoxy groups -OCH3 is 2. The molecule has 0 aliphatic carbocycles. The molecule has 2 rings (SSSR count). The van der Waals surface area contributed by atoms with Gasteiger partial charge in [-0.05, 0) is 35.9 Å². The Kier molecular flexibility index (Phi) is 5.42. The monoisotopic (exact) mass is 312 g/mol. The van der Waals surface area contributed by atoms with Crippen molar-refractivity contribution in [3.63, 3.8) is 0 Å². The Hall–Kier alpha value is -3.20. The van der Waals surface area contributed by atoms with Crippen molar-refractivity contribution in [1.29, 1.82) is 5.26 Å². The molecule has 0 atom stereocenters. The van der Waals surface area contributed by atoms with Gasteiger partial charge in [-0.25, -0.2) is 0 Å². The van der Waals surface area contributed by atoms with Gasteiger partial charge in [-0.3, -0.25) is 4.79 Å². The van der Waals surface area contributed by atoms with Crippen molar-refractivity contribution in [2.45, 2.75) is 6.54 Å². The molecule has 0 bridgehead atoms. The van der Waals surface area contributed by atoms with Crippen molar-refractivity contribution in [2.75, 3.05) is 14.2 Å². The summed E-state index contributed by atoms with van der Waals surface area (Å²) in [4.78, 5) is 12.1. The molecule has 23 heavy (non-hydrogen) atoms. The minimum absolute atomic E-state index is 0.0214. The quantitative estimate of drug-likeness (QED) is 0.654. The maximum Gasteiger partial charge on any atom is 0.262 e. The highest BCUT2D eigenvalue weighted by Gasteiger charge is 2.10. The summed E-state index contributed by atoms with van der Waals surface area (Å²) in [5.41, 5.74) is 0.609. The molecule has 2 aromatic rings. The van der Waals surface area contributed by atoms with E-state index in [-0.39, 0.29) is 12.1 Å². The van der Waals surface area contributed by atoms with Crippen LogP contribution in [0.5, 0.6) is 11.5 Å². The summed E-state index contributed by atoms with van der Waals surface area (Å²) >= 11 is 0. The molecule has 1 heterocycles. The van der Waals surface area contributed by atoms with Crippen molar-refractivity contribution < 1.29 is 18.7 Å². The van der Waals surface area contributed by atoms with E-state index in [9.17, 15) is 10.1 Å². The second-order valence-electron chi connectivity index (χ2n) is 4.58. The third-order valence-electron chi connectivity index (χ3n) is 3.05. The van der Waals surface area contributed by atoms with Crippen LogP contribution < -0.4 is 14.8 Å². The van der Waals surface area contributed by atoms with Crippen LogP contribution in [0.1, 0.15) is 11.3 Å². The number of nitriles is 1. The van der Waals surface area contributed by atoms with Gasteiger partial charge in [0.2, 0.25) is 0 Å². The fourth-order valence-electron chi connectivity index (χ4n) is 1.90. The maximum atomic E-state index is 12.1. The molecular formula is C17H16N2O4. The fraction of sp³-hybridized carbons (Fsp3) is 0.176. The first-order valence-electron chi connectivity index (χ1n) is 6.81. The Morgan fingerprint density at radius 1 is 1.30 bits per heavy atom. The molecule has 0 spiro atoms. The Morgan fingerprint density at radius 3 is 2.52 bits per heavy atom. The molecule has 1 N–H and O–H groups in total. The lowest BCUT2D eigenvalue weighted by atomic mass is 10.1. The lowest BCUT2D eigenvalue weighted by Crippen LogP contribution is -2.23. The number of ether oxygens (including phenoxy) is 2. The van der Waals surface area contributed by atoms with Crippen LogP contribution in [0.3, 0.4) is 0 Å². The van der Waals surface area contributed by atoms with E-state index in [0.29, 0.717) is 22.8 Å². The highest BCUT2D eigenvalue weighted by molar-refractivity contribution is 6.01. The summed E-state index contributed by atoms with van der Waals surface area (Å²) in [6, 6.07) is 10.5. The minimum Gasteiger partial charge on any atom is -0.497 e. The molecule has 1 aromatic heterocycles. The normalized spacial score (nSPS) is 10.7. The summed E-state index contributed by atoms with van der Waals surface area (Å²) in [6.45, 7) is 0.215. The molecule has 6 nitrogen and oxygen atoms in total. The Balaban J connectivity index is 2.17. The first kappa shape index (κ1) is 16.2. The largest absolute Gasteiger partial charge is 0.497 e. The minimum atomic E-state index is -0.481. The molecule has 0 unspecified atom stereocenters. The summed E-state index contributed by atoms with van der Waals surface area (Å²) in [5.74, 6) is 1.28. The molecular weight excluding hydrogens is 296 g/mol. The molecule has 0 saturated carbocycles. The third kappa shape index (κ3) is 4.38. The average molecular weight is 312 g/mol. The number of benzene rings is 1. The maximum absolute atomic E-state index is 12.1. The Labute approximate surface area is 133 Å². The number of furan rings is 1. The van der Waals surface area contributed by atoms with Crippen LogP contribution in [0.4, 0.5) is 0 Å². The summed E-state index contributed by atoms with van der Waals surface area (Å²) in [6.07, 6.45) is 2.99. The fourth-order valence-corrected chi connectivity index (χ4v) is 1.90. The molecule has 0 radical (unpaired) electrons. The van der Waals surface area contributed by atoms with Gasteiger partial charge in [0, 0.05) is 6.07 Å². The predicted molar refractivity (Wildman–Crippen MR) is 83.7 cm³/mol. The molecule has 0 fully saturated rings. The zero-order valence-corrected chi connectivity index (χ0v) is 12.8. The van der Waals surface area contributed by atoms with E-state index >= 15 is 0 Å². The van der Waals surface area contributed by atoms with Crippen LogP contribution in [0.15, 0.2) is 46.6 Å². The van der Waals surface area contributed by atoms with Gasteiger partial charge in [-0.15, -0.1) is 0 Å². The third-order valence-corrected chi connectivity index (χ3v) is 3.05. The number of hydrogen-bond donors (Lipinski definition) is 1. The van der Waals surface area contributed by atoms with Crippen LogP contribution in [0.25, 0.3) is 6.08 Å². The van der Waals surface area contributed by atoms with E-state index in [1.54, 1.807) is 30.3 Å². The zero-order chi connectivity index (χ0) is 16.7. The standard InChI is InChI=1S/C17H16N2O4/c1-21-15-7-12(8-16(9-15)22-2)6-13(10-18)17(20)19-11-14-4-3-5-23-14/h3-9H,11H2,1-2H3,(H,19,20)/b13-6+. The molecule has 1 aromatic carbocycles. The van der Waals surface area contributed by atoms with E-state index in [1.165, 1.54) is 26.6 Å². The number of carbonyl (C=O) groups is 1. The van der Waals surface area contributed by atoms with E-state index in [0.717, 1.165) is 0 Å².